The molecule has 0 unspecified atom stereocenters. The number of ether oxygens (including phenoxy) is 2. The minimum absolute atomic E-state index is 0.123. The topological polar surface area (TPSA) is 67.9 Å². The first kappa shape index (κ1) is 23.2. The van der Waals surface area contributed by atoms with Crippen LogP contribution >= 0.6 is 23.2 Å². The van der Waals surface area contributed by atoms with E-state index in [1.165, 1.54) is 0 Å². The predicted molar refractivity (Wildman–Crippen MR) is 121 cm³/mol. The second kappa shape index (κ2) is 10.7. The first-order valence-corrected chi connectivity index (χ1v) is 11.1. The van der Waals surface area contributed by atoms with Gasteiger partial charge in [-0.15, -0.1) is 0 Å². The molecule has 1 heterocycles. The minimum atomic E-state index is -0.587. The molecule has 0 bridgehead atoms. The number of carbonyl (C=O) groups excluding carboxylic acids is 2. The number of hydrogen-bond acceptors (Lipinski definition) is 4. The van der Waals surface area contributed by atoms with Gasteiger partial charge in [-0.05, 0) is 55.2 Å². The van der Waals surface area contributed by atoms with Crippen LogP contribution in [0.2, 0.25) is 10.0 Å². The van der Waals surface area contributed by atoms with Crippen LogP contribution in [0.25, 0.3) is 0 Å². The van der Waals surface area contributed by atoms with E-state index < -0.39 is 6.04 Å². The summed E-state index contributed by atoms with van der Waals surface area (Å²) in [7, 11) is 0. The average molecular weight is 465 g/mol. The Morgan fingerprint density at radius 1 is 1.10 bits per heavy atom. The summed E-state index contributed by atoms with van der Waals surface area (Å²) in [5.74, 6) is 1.09. The Morgan fingerprint density at radius 3 is 2.58 bits per heavy atom. The highest BCUT2D eigenvalue weighted by Crippen LogP contribution is 2.33. The molecule has 6 nitrogen and oxygen atoms in total. The van der Waals surface area contributed by atoms with Crippen molar-refractivity contribution in [1.29, 1.82) is 0 Å². The van der Waals surface area contributed by atoms with E-state index in [0.29, 0.717) is 40.9 Å². The zero-order chi connectivity index (χ0) is 22.4. The number of nitrogens with zero attached hydrogens (tertiary/aromatic N) is 1. The van der Waals surface area contributed by atoms with Gasteiger partial charge in [0, 0.05) is 29.6 Å². The maximum Gasteiger partial charge on any atom is 0.242 e. The van der Waals surface area contributed by atoms with Gasteiger partial charge < -0.3 is 19.7 Å². The van der Waals surface area contributed by atoms with Crippen molar-refractivity contribution < 1.29 is 19.1 Å². The van der Waals surface area contributed by atoms with E-state index in [0.717, 1.165) is 11.1 Å². The predicted octanol–water partition coefficient (Wildman–Crippen LogP) is 4.60. The highest BCUT2D eigenvalue weighted by Gasteiger charge is 2.28. The van der Waals surface area contributed by atoms with Gasteiger partial charge in [0.05, 0.1) is 0 Å². The fraction of sp³-hybridized carbons (Fsp3) is 0.391. The highest BCUT2D eigenvalue weighted by molar-refractivity contribution is 6.35. The monoisotopic (exact) mass is 464 g/mol. The fourth-order valence-electron chi connectivity index (χ4n) is 3.54. The molecule has 0 aromatic heterocycles. The number of rotatable bonds is 9. The number of benzene rings is 2. The molecule has 0 spiro atoms. The number of halogens is 2. The molecule has 0 aliphatic carbocycles. The maximum atomic E-state index is 13.3. The molecule has 1 N–H and O–H groups in total. The van der Waals surface area contributed by atoms with Crippen molar-refractivity contribution in [3.05, 3.63) is 57.6 Å². The summed E-state index contributed by atoms with van der Waals surface area (Å²) in [5.41, 5.74) is 1.71. The lowest BCUT2D eigenvalue weighted by molar-refractivity contribution is -0.141. The standard InChI is InChI=1S/C23H26Cl2N2O4/c1-3-19(23(29)26-4-2)27(13-16-7-8-17(24)12-18(16)25)22(28)10-6-15-5-9-20-21(11-15)31-14-30-20/h5,7-9,11-12,19H,3-4,6,10,13-14H2,1-2H3,(H,26,29)/t19-/m1/s1. The van der Waals surface area contributed by atoms with E-state index in [1.807, 2.05) is 32.0 Å². The molecule has 1 aliphatic heterocycles. The Labute approximate surface area is 192 Å². The van der Waals surface area contributed by atoms with E-state index in [4.69, 9.17) is 32.7 Å². The number of amides is 2. The van der Waals surface area contributed by atoms with Crippen molar-refractivity contribution in [2.24, 2.45) is 0 Å². The third-order valence-corrected chi connectivity index (χ3v) is 5.74. The Morgan fingerprint density at radius 2 is 1.87 bits per heavy atom. The lowest BCUT2D eigenvalue weighted by Gasteiger charge is -2.31. The van der Waals surface area contributed by atoms with Crippen molar-refractivity contribution >= 4 is 35.0 Å². The lowest BCUT2D eigenvalue weighted by Crippen LogP contribution is -2.49. The molecule has 31 heavy (non-hydrogen) atoms. The normalized spacial score (nSPS) is 13.0. The summed E-state index contributed by atoms with van der Waals surface area (Å²) >= 11 is 12.4. The van der Waals surface area contributed by atoms with Gasteiger partial charge in [0.1, 0.15) is 6.04 Å². The maximum absolute atomic E-state index is 13.3. The fourth-order valence-corrected chi connectivity index (χ4v) is 4.00. The van der Waals surface area contributed by atoms with Crippen LogP contribution in [0.1, 0.15) is 37.8 Å². The largest absolute Gasteiger partial charge is 0.454 e. The molecular weight excluding hydrogens is 439 g/mol. The molecule has 1 aliphatic rings. The summed E-state index contributed by atoms with van der Waals surface area (Å²) in [6.45, 7) is 4.67. The van der Waals surface area contributed by atoms with Crippen molar-refractivity contribution in [2.45, 2.75) is 45.7 Å². The lowest BCUT2D eigenvalue weighted by atomic mass is 10.1. The minimum Gasteiger partial charge on any atom is -0.454 e. The van der Waals surface area contributed by atoms with Crippen LogP contribution in [-0.2, 0) is 22.6 Å². The summed E-state index contributed by atoms with van der Waals surface area (Å²) < 4.78 is 10.7. The molecule has 2 aromatic carbocycles. The molecule has 2 aromatic rings. The molecule has 1 atom stereocenters. The number of nitrogens with one attached hydrogen (secondary N) is 1. The van der Waals surface area contributed by atoms with Crippen LogP contribution in [0, 0.1) is 0 Å². The Balaban J connectivity index is 1.78. The number of aryl methyl sites for hydroxylation is 1. The molecule has 0 saturated carbocycles. The van der Waals surface area contributed by atoms with Crippen molar-refractivity contribution in [2.75, 3.05) is 13.3 Å². The number of likely N-dealkylation sites (N-methyl/N-ethyl adjacent to an activating group) is 1. The molecule has 2 amide bonds. The third-order valence-electron chi connectivity index (χ3n) is 5.16. The number of carbonyl (C=O) groups is 2. The molecule has 0 radical (unpaired) electrons. The zero-order valence-corrected chi connectivity index (χ0v) is 19.1. The summed E-state index contributed by atoms with van der Waals surface area (Å²) in [5, 5.41) is 3.81. The second-order valence-corrected chi connectivity index (χ2v) is 8.11. The summed E-state index contributed by atoms with van der Waals surface area (Å²) in [4.78, 5) is 27.5. The van der Waals surface area contributed by atoms with Gasteiger partial charge in [-0.2, -0.15) is 0 Å². The Kier molecular flexibility index (Phi) is 8.04. The average Bonchev–Trinajstić information content (AvgIpc) is 3.21. The quantitative estimate of drug-likeness (QED) is 0.588. The van der Waals surface area contributed by atoms with Crippen molar-refractivity contribution in [3.8, 4) is 11.5 Å². The summed E-state index contributed by atoms with van der Waals surface area (Å²) in [6.07, 6.45) is 1.26. The van der Waals surface area contributed by atoms with Crippen molar-refractivity contribution in [3.63, 3.8) is 0 Å². The molecule has 8 heteroatoms. The van der Waals surface area contributed by atoms with E-state index in [1.54, 1.807) is 23.1 Å². The molecular formula is C23H26Cl2N2O4. The summed E-state index contributed by atoms with van der Waals surface area (Å²) in [6, 6.07) is 10.2. The van der Waals surface area contributed by atoms with Gasteiger partial charge in [-0.1, -0.05) is 42.3 Å². The van der Waals surface area contributed by atoms with Gasteiger partial charge in [0.2, 0.25) is 18.6 Å². The molecule has 0 saturated heterocycles. The Bertz CT molecular complexity index is 951. The van der Waals surface area contributed by atoms with Crippen LogP contribution in [-0.4, -0.2) is 36.1 Å². The first-order valence-electron chi connectivity index (χ1n) is 10.3. The van der Waals surface area contributed by atoms with Gasteiger partial charge in [-0.3, -0.25) is 9.59 Å². The van der Waals surface area contributed by atoms with E-state index in [-0.39, 0.29) is 31.6 Å². The van der Waals surface area contributed by atoms with Gasteiger partial charge >= 0.3 is 0 Å². The van der Waals surface area contributed by atoms with Crippen molar-refractivity contribution in [1.82, 2.24) is 10.2 Å². The third kappa shape index (κ3) is 5.83. The van der Waals surface area contributed by atoms with Crippen LogP contribution in [0.3, 0.4) is 0 Å². The molecule has 166 valence electrons. The first-order chi connectivity index (χ1) is 14.9. The smallest absolute Gasteiger partial charge is 0.242 e. The van der Waals surface area contributed by atoms with Crippen LogP contribution in [0.15, 0.2) is 36.4 Å². The van der Waals surface area contributed by atoms with E-state index in [9.17, 15) is 9.59 Å². The highest BCUT2D eigenvalue weighted by atomic mass is 35.5. The van der Waals surface area contributed by atoms with E-state index in [2.05, 4.69) is 5.32 Å². The van der Waals surface area contributed by atoms with Gasteiger partial charge in [0.25, 0.3) is 0 Å². The SMILES string of the molecule is CCNC(=O)[C@@H](CC)N(Cc1ccc(Cl)cc1Cl)C(=O)CCc1ccc2c(c1)OCO2. The number of hydrogen-bond donors (Lipinski definition) is 1. The van der Waals surface area contributed by atoms with Gasteiger partial charge in [-0.25, -0.2) is 0 Å². The Hall–Kier alpha value is -2.44. The molecule has 3 rings (SSSR count). The van der Waals surface area contributed by atoms with E-state index >= 15 is 0 Å². The van der Waals surface area contributed by atoms with Crippen LogP contribution < -0.4 is 14.8 Å². The van der Waals surface area contributed by atoms with Crippen LogP contribution in [0.4, 0.5) is 0 Å². The number of fused-ring (bicyclic) bond motifs is 1. The second-order valence-electron chi connectivity index (χ2n) is 7.26. The van der Waals surface area contributed by atoms with Crippen LogP contribution in [0.5, 0.6) is 11.5 Å². The molecule has 0 fully saturated rings. The zero-order valence-electron chi connectivity index (χ0n) is 17.6. The van der Waals surface area contributed by atoms with Gasteiger partial charge in [0.15, 0.2) is 11.5 Å².